The molecule has 0 saturated heterocycles. The van der Waals surface area contributed by atoms with E-state index in [-0.39, 0.29) is 46.1 Å². The maximum absolute atomic E-state index is 14.7. The first kappa shape index (κ1) is 26.6. The fourth-order valence-electron chi connectivity index (χ4n) is 6.04. The van der Waals surface area contributed by atoms with Crippen molar-refractivity contribution in [3.8, 4) is 5.88 Å². The number of fused-ring (bicyclic) bond motifs is 4. The maximum atomic E-state index is 14.7. The van der Waals surface area contributed by atoms with Crippen LogP contribution in [0, 0.1) is 11.8 Å². The van der Waals surface area contributed by atoms with Crippen LogP contribution in [0.4, 0.5) is 0 Å². The number of Topliss-reactive ketones (excluding diaryl/α,β-unsaturated/α-hetero) is 2. The van der Waals surface area contributed by atoms with Gasteiger partial charge in [-0.15, -0.1) is 0 Å². The zero-order valence-electron chi connectivity index (χ0n) is 23.5. The number of rotatable bonds is 5. The molecule has 6 rings (SSSR count). The van der Waals surface area contributed by atoms with Gasteiger partial charge in [-0.3, -0.25) is 14.6 Å². The summed E-state index contributed by atoms with van der Waals surface area (Å²) in [6, 6.07) is 13.0. The summed E-state index contributed by atoms with van der Waals surface area (Å²) in [7, 11) is -2.66. The van der Waals surface area contributed by atoms with E-state index < -0.39 is 25.6 Å². The molecule has 0 amide bonds. The molecule has 40 heavy (non-hydrogen) atoms. The number of hydrogen-bond acceptors (Lipinski definition) is 8. The molecular weight excluding hydrogens is 524 g/mol. The fraction of sp³-hybridized carbons (Fsp3) is 0.419. The van der Waals surface area contributed by atoms with Gasteiger partial charge in [0, 0.05) is 29.7 Å². The molecule has 0 fully saturated rings. The second-order valence-electron chi connectivity index (χ2n) is 12.6. The lowest BCUT2D eigenvalue weighted by Crippen LogP contribution is -2.63. The number of aromatic nitrogens is 2. The van der Waals surface area contributed by atoms with Gasteiger partial charge in [-0.2, -0.15) is 0 Å². The van der Waals surface area contributed by atoms with E-state index in [1.54, 1.807) is 18.3 Å². The average molecular weight is 559 g/mol. The minimum atomic E-state index is -2.66. The molecule has 2 heterocycles. The third-order valence-electron chi connectivity index (χ3n) is 9.15. The number of carbonyl (C=O) groups excluding carboxylic acids is 2. The van der Waals surface area contributed by atoms with Gasteiger partial charge in [-0.25, -0.2) is 0 Å². The summed E-state index contributed by atoms with van der Waals surface area (Å²) in [6.45, 7) is 10.6. The summed E-state index contributed by atoms with van der Waals surface area (Å²) in [5.74, 6) is -1.25. The highest BCUT2D eigenvalue weighted by atomic mass is 28.4. The maximum Gasteiger partial charge on any atom is 0.265 e. The second-order valence-corrected chi connectivity index (χ2v) is 17.3. The Kier molecular flexibility index (Phi) is 6.16. The number of ketones is 2. The minimum absolute atomic E-state index is 0.0740. The quantitative estimate of drug-likeness (QED) is 0.378. The van der Waals surface area contributed by atoms with Gasteiger partial charge in [0.25, 0.3) is 5.88 Å². The van der Waals surface area contributed by atoms with E-state index in [1.807, 2.05) is 43.4 Å². The summed E-state index contributed by atoms with van der Waals surface area (Å²) in [4.78, 5) is 32.9. The number of hydrogen-bond donors (Lipinski definition) is 1. The van der Waals surface area contributed by atoms with Gasteiger partial charge in [0.15, 0.2) is 25.5 Å². The topological polar surface area (TPSA) is 112 Å². The molecule has 1 N–H and O–H groups in total. The number of aliphatic hydroxyl groups is 1. The Bertz CT molecular complexity index is 1540. The van der Waals surface area contributed by atoms with E-state index in [1.165, 1.54) is 0 Å². The third kappa shape index (κ3) is 3.97. The SMILES string of the molecule is CC(C)(C)[Si](C)(C)OC12C(=O)c3c(OCc4ccccc4)noc3C[C@@H]1C[C@@H]1Cc3ncccc3C(=O)C1=C2O. The summed E-state index contributed by atoms with van der Waals surface area (Å²) in [6.07, 6.45) is 2.99. The number of aliphatic hydroxyl groups excluding tert-OH is 1. The molecule has 3 atom stereocenters. The Hall–Kier alpha value is -3.56. The van der Waals surface area contributed by atoms with Crippen molar-refractivity contribution in [2.75, 3.05) is 0 Å². The van der Waals surface area contributed by atoms with Gasteiger partial charge in [0.2, 0.25) is 5.78 Å². The van der Waals surface area contributed by atoms with Gasteiger partial charge >= 0.3 is 0 Å². The lowest BCUT2D eigenvalue weighted by Gasteiger charge is -2.52. The number of allylic oxidation sites excluding steroid dienone is 1. The normalized spacial score (nSPS) is 24.2. The van der Waals surface area contributed by atoms with Crippen molar-refractivity contribution in [3.05, 3.63) is 88.1 Å². The molecule has 208 valence electrons. The monoisotopic (exact) mass is 558 g/mol. The average Bonchev–Trinajstić information content (AvgIpc) is 3.31. The van der Waals surface area contributed by atoms with E-state index in [0.717, 1.165) is 5.56 Å². The fourth-order valence-corrected chi connectivity index (χ4v) is 7.50. The van der Waals surface area contributed by atoms with E-state index in [0.29, 0.717) is 36.3 Å². The minimum Gasteiger partial charge on any atom is -0.508 e. The first-order valence-electron chi connectivity index (χ1n) is 13.8. The summed E-state index contributed by atoms with van der Waals surface area (Å²) in [5, 5.41) is 16.0. The van der Waals surface area contributed by atoms with Crippen LogP contribution < -0.4 is 4.74 Å². The van der Waals surface area contributed by atoms with Crippen LogP contribution >= 0.6 is 0 Å². The molecule has 3 aliphatic rings. The van der Waals surface area contributed by atoms with Crippen molar-refractivity contribution in [1.29, 1.82) is 0 Å². The molecule has 0 spiro atoms. The highest BCUT2D eigenvalue weighted by Crippen LogP contribution is 2.55. The number of carbonyl (C=O) groups is 2. The van der Waals surface area contributed by atoms with Crippen LogP contribution in [0.5, 0.6) is 5.88 Å². The summed E-state index contributed by atoms with van der Waals surface area (Å²) >= 11 is 0. The van der Waals surface area contributed by atoms with Gasteiger partial charge in [-0.1, -0.05) is 51.1 Å². The Morgan fingerprint density at radius 3 is 2.58 bits per heavy atom. The van der Waals surface area contributed by atoms with E-state index in [9.17, 15) is 14.7 Å². The first-order chi connectivity index (χ1) is 18.9. The molecule has 0 aliphatic heterocycles. The standard InChI is InChI=1S/C31H34N2O6Si/c1-30(2,3)40(4,5)39-31-20(14-19-15-22-21(12-9-13-32-22)26(34)24(19)27(31)35)16-23-25(28(31)36)29(33-38-23)37-17-18-10-7-6-8-11-18/h6-13,19-20,35H,14-17H2,1-5H3/t19-,20+,31?/m1/s1. The molecule has 0 radical (unpaired) electrons. The van der Waals surface area contributed by atoms with Crippen LogP contribution in [0.2, 0.25) is 18.1 Å². The van der Waals surface area contributed by atoms with Gasteiger partial charge in [0.1, 0.15) is 17.9 Å². The Morgan fingerprint density at radius 1 is 1.10 bits per heavy atom. The Balaban J connectivity index is 1.49. The number of ether oxygens (including phenoxy) is 1. The van der Waals surface area contributed by atoms with Crippen LogP contribution in [-0.4, -0.2) is 40.7 Å². The summed E-state index contributed by atoms with van der Waals surface area (Å²) < 4.78 is 18.6. The molecule has 1 unspecified atom stereocenters. The largest absolute Gasteiger partial charge is 0.508 e. The Morgan fingerprint density at radius 2 is 1.85 bits per heavy atom. The molecule has 9 heteroatoms. The van der Waals surface area contributed by atoms with E-state index in [4.69, 9.17) is 13.7 Å². The van der Waals surface area contributed by atoms with Gasteiger partial charge in [-0.05, 0) is 59.7 Å². The molecule has 0 saturated carbocycles. The van der Waals surface area contributed by atoms with Crippen LogP contribution in [-0.2, 0) is 23.9 Å². The van der Waals surface area contributed by atoms with Crippen LogP contribution in [0.1, 0.15) is 64.9 Å². The van der Waals surface area contributed by atoms with Crippen molar-refractivity contribution in [2.45, 2.75) is 70.4 Å². The van der Waals surface area contributed by atoms with Crippen molar-refractivity contribution >= 4 is 19.9 Å². The van der Waals surface area contributed by atoms with Crippen LogP contribution in [0.3, 0.4) is 0 Å². The van der Waals surface area contributed by atoms with Crippen molar-refractivity contribution in [1.82, 2.24) is 10.1 Å². The predicted octanol–water partition coefficient (Wildman–Crippen LogP) is 6.04. The lowest BCUT2D eigenvalue weighted by atomic mass is 9.61. The highest BCUT2D eigenvalue weighted by Gasteiger charge is 2.64. The second kappa shape index (κ2) is 9.24. The molecule has 3 aliphatic carbocycles. The van der Waals surface area contributed by atoms with Crippen molar-refractivity contribution in [3.63, 3.8) is 0 Å². The van der Waals surface area contributed by atoms with E-state index >= 15 is 0 Å². The third-order valence-corrected chi connectivity index (χ3v) is 13.6. The van der Waals surface area contributed by atoms with Gasteiger partial charge < -0.3 is 18.8 Å². The Labute approximate surface area is 234 Å². The smallest absolute Gasteiger partial charge is 0.265 e. The molecule has 8 nitrogen and oxygen atoms in total. The molecule has 3 aromatic rings. The molecule has 1 aromatic carbocycles. The predicted molar refractivity (Wildman–Crippen MR) is 150 cm³/mol. The highest BCUT2D eigenvalue weighted by molar-refractivity contribution is 6.74. The molecule has 2 aromatic heterocycles. The molecule has 0 bridgehead atoms. The summed E-state index contributed by atoms with van der Waals surface area (Å²) in [5.41, 5.74) is 0.802. The molecular formula is C31H34N2O6Si. The zero-order chi connectivity index (χ0) is 28.4. The van der Waals surface area contributed by atoms with Crippen molar-refractivity contribution < 1.29 is 28.4 Å². The zero-order valence-corrected chi connectivity index (χ0v) is 24.5. The van der Waals surface area contributed by atoms with Crippen LogP contribution in [0.15, 0.2) is 64.5 Å². The number of nitrogens with zero attached hydrogens (tertiary/aromatic N) is 2. The first-order valence-corrected chi connectivity index (χ1v) is 16.7. The van der Waals surface area contributed by atoms with Crippen LogP contribution in [0.25, 0.3) is 0 Å². The van der Waals surface area contributed by atoms with E-state index in [2.05, 4.69) is 30.9 Å². The number of benzene rings is 1. The van der Waals surface area contributed by atoms with Gasteiger partial charge in [0.05, 0.1) is 5.69 Å². The number of pyridine rings is 1. The van der Waals surface area contributed by atoms with Crippen molar-refractivity contribution in [2.24, 2.45) is 11.8 Å². The lowest BCUT2D eigenvalue weighted by molar-refractivity contribution is -0.0176.